The Balaban J connectivity index is 1.36. The molecule has 0 saturated carbocycles. The van der Waals surface area contributed by atoms with Crippen molar-refractivity contribution in [3.63, 3.8) is 0 Å². The largest absolute Gasteiger partial charge is 0.495 e. The van der Waals surface area contributed by atoms with Crippen LogP contribution >= 0.6 is 0 Å². The van der Waals surface area contributed by atoms with Crippen LogP contribution in [0.3, 0.4) is 0 Å². The molecule has 0 spiro atoms. The predicted molar refractivity (Wildman–Crippen MR) is 104 cm³/mol. The third kappa shape index (κ3) is 3.32. The number of methoxy groups -OCH3 is 1. The average molecular weight is 352 g/mol. The Kier molecular flexibility index (Phi) is 4.67. The zero-order chi connectivity index (χ0) is 17.9. The van der Waals surface area contributed by atoms with Gasteiger partial charge in [-0.3, -0.25) is 9.69 Å². The summed E-state index contributed by atoms with van der Waals surface area (Å²) in [5, 5.41) is 6.36. The molecule has 136 valence electrons. The highest BCUT2D eigenvalue weighted by atomic mass is 16.5. The molecular formula is C20H24N4O2. The Morgan fingerprint density at radius 1 is 1.00 bits per heavy atom. The van der Waals surface area contributed by atoms with Gasteiger partial charge in [-0.15, -0.1) is 0 Å². The second-order valence-electron chi connectivity index (χ2n) is 6.69. The molecule has 0 bridgehead atoms. The summed E-state index contributed by atoms with van der Waals surface area (Å²) in [6, 6.07) is 15.7. The van der Waals surface area contributed by atoms with Crippen LogP contribution in [0, 0.1) is 0 Å². The number of piperazine rings is 1. The van der Waals surface area contributed by atoms with Crippen molar-refractivity contribution >= 4 is 23.0 Å². The fourth-order valence-corrected chi connectivity index (χ4v) is 3.64. The van der Waals surface area contributed by atoms with Gasteiger partial charge < -0.3 is 20.3 Å². The van der Waals surface area contributed by atoms with Crippen LogP contribution in [0.25, 0.3) is 0 Å². The first-order valence-electron chi connectivity index (χ1n) is 9.01. The summed E-state index contributed by atoms with van der Waals surface area (Å²) in [6.07, 6.45) is 0. The zero-order valence-electron chi connectivity index (χ0n) is 14.9. The van der Waals surface area contributed by atoms with E-state index in [2.05, 4.69) is 26.5 Å². The maximum absolute atomic E-state index is 12.4. The van der Waals surface area contributed by atoms with E-state index >= 15 is 0 Å². The van der Waals surface area contributed by atoms with Gasteiger partial charge in [0.1, 0.15) is 11.8 Å². The van der Waals surface area contributed by atoms with Crippen molar-refractivity contribution < 1.29 is 9.53 Å². The van der Waals surface area contributed by atoms with Crippen LogP contribution in [0.15, 0.2) is 48.5 Å². The third-order valence-electron chi connectivity index (χ3n) is 5.07. The summed E-state index contributed by atoms with van der Waals surface area (Å²) < 4.78 is 5.48. The Labute approximate surface area is 153 Å². The molecule has 2 N–H and O–H groups in total. The topological polar surface area (TPSA) is 56.8 Å². The fraction of sp³-hybridized carbons (Fsp3) is 0.350. The summed E-state index contributed by atoms with van der Waals surface area (Å²) in [5.41, 5.74) is 2.98. The number of ether oxygens (including phenoxy) is 1. The lowest BCUT2D eigenvalue weighted by Crippen LogP contribution is -2.53. The standard InChI is InChI=1S/C20H24N4O2/c1-26-19-9-5-4-8-18(19)24-12-10-23(11-13-24)14-17-20(25)22-16-7-3-2-6-15(16)21-17/h2-9,17,21H,10-14H2,1H3,(H,22,25). The first-order valence-corrected chi connectivity index (χ1v) is 9.01. The van der Waals surface area contributed by atoms with E-state index in [0.29, 0.717) is 6.54 Å². The molecule has 0 aromatic heterocycles. The van der Waals surface area contributed by atoms with Gasteiger partial charge in [-0.1, -0.05) is 24.3 Å². The molecular weight excluding hydrogens is 328 g/mol. The van der Waals surface area contributed by atoms with E-state index < -0.39 is 0 Å². The molecule has 1 atom stereocenters. The summed E-state index contributed by atoms with van der Waals surface area (Å²) >= 11 is 0. The van der Waals surface area contributed by atoms with E-state index in [4.69, 9.17) is 4.74 Å². The van der Waals surface area contributed by atoms with Crippen molar-refractivity contribution in [2.24, 2.45) is 0 Å². The minimum atomic E-state index is -0.220. The molecule has 0 radical (unpaired) electrons. The van der Waals surface area contributed by atoms with Crippen LogP contribution in [-0.2, 0) is 4.79 Å². The van der Waals surface area contributed by atoms with Gasteiger partial charge in [0.15, 0.2) is 0 Å². The van der Waals surface area contributed by atoms with Crippen LogP contribution in [0.4, 0.5) is 17.1 Å². The number of fused-ring (bicyclic) bond motifs is 1. The average Bonchev–Trinajstić information content (AvgIpc) is 2.69. The van der Waals surface area contributed by atoms with Crippen molar-refractivity contribution in [2.75, 3.05) is 55.4 Å². The van der Waals surface area contributed by atoms with Crippen LogP contribution < -0.4 is 20.3 Å². The number of hydrogen-bond acceptors (Lipinski definition) is 5. The van der Waals surface area contributed by atoms with Gasteiger partial charge in [0.2, 0.25) is 5.91 Å². The highest BCUT2D eigenvalue weighted by molar-refractivity contribution is 6.03. The molecule has 2 aromatic carbocycles. The number of carbonyl (C=O) groups excluding carboxylic acids is 1. The molecule has 1 saturated heterocycles. The summed E-state index contributed by atoms with van der Waals surface area (Å²) in [6.45, 7) is 4.40. The van der Waals surface area contributed by atoms with E-state index in [1.165, 1.54) is 0 Å². The summed E-state index contributed by atoms with van der Waals surface area (Å²) in [5.74, 6) is 0.946. The lowest BCUT2D eigenvalue weighted by atomic mass is 10.1. The van der Waals surface area contributed by atoms with Crippen molar-refractivity contribution in [3.05, 3.63) is 48.5 Å². The monoisotopic (exact) mass is 352 g/mol. The molecule has 1 fully saturated rings. The quantitative estimate of drug-likeness (QED) is 0.884. The number of nitrogens with one attached hydrogen (secondary N) is 2. The molecule has 2 heterocycles. The molecule has 6 heteroatoms. The lowest BCUT2D eigenvalue weighted by molar-refractivity contribution is -0.117. The molecule has 26 heavy (non-hydrogen) atoms. The number of rotatable bonds is 4. The van der Waals surface area contributed by atoms with Crippen LogP contribution in [0.5, 0.6) is 5.75 Å². The van der Waals surface area contributed by atoms with E-state index in [9.17, 15) is 4.79 Å². The SMILES string of the molecule is COc1ccccc1N1CCN(CC2Nc3ccccc3NC2=O)CC1. The summed E-state index contributed by atoms with van der Waals surface area (Å²) in [7, 11) is 1.71. The maximum Gasteiger partial charge on any atom is 0.248 e. The molecule has 6 nitrogen and oxygen atoms in total. The number of benzene rings is 2. The van der Waals surface area contributed by atoms with E-state index in [0.717, 1.165) is 49.0 Å². The summed E-state index contributed by atoms with van der Waals surface area (Å²) in [4.78, 5) is 17.1. The second-order valence-corrected chi connectivity index (χ2v) is 6.69. The normalized spacial score (nSPS) is 20.1. The van der Waals surface area contributed by atoms with Gasteiger partial charge in [-0.25, -0.2) is 0 Å². The van der Waals surface area contributed by atoms with E-state index in [1.54, 1.807) is 7.11 Å². The van der Waals surface area contributed by atoms with Crippen molar-refractivity contribution in [1.29, 1.82) is 0 Å². The van der Waals surface area contributed by atoms with Gasteiger partial charge in [-0.2, -0.15) is 0 Å². The Morgan fingerprint density at radius 3 is 2.46 bits per heavy atom. The Bertz CT molecular complexity index is 787. The van der Waals surface area contributed by atoms with E-state index in [-0.39, 0.29) is 11.9 Å². The highest BCUT2D eigenvalue weighted by Gasteiger charge is 2.28. The third-order valence-corrected chi connectivity index (χ3v) is 5.07. The number of anilines is 3. The molecule has 4 rings (SSSR count). The van der Waals surface area contributed by atoms with Gasteiger partial charge in [0.05, 0.1) is 24.2 Å². The first-order chi connectivity index (χ1) is 12.7. The van der Waals surface area contributed by atoms with Crippen molar-refractivity contribution in [2.45, 2.75) is 6.04 Å². The smallest absolute Gasteiger partial charge is 0.248 e. The first kappa shape index (κ1) is 16.7. The fourth-order valence-electron chi connectivity index (χ4n) is 3.64. The number of hydrogen-bond donors (Lipinski definition) is 2. The van der Waals surface area contributed by atoms with Gasteiger partial charge in [0, 0.05) is 32.7 Å². The maximum atomic E-state index is 12.4. The second kappa shape index (κ2) is 7.25. The minimum Gasteiger partial charge on any atom is -0.495 e. The molecule has 1 amide bonds. The Morgan fingerprint density at radius 2 is 1.69 bits per heavy atom. The van der Waals surface area contributed by atoms with Crippen LogP contribution in [0.2, 0.25) is 0 Å². The highest BCUT2D eigenvalue weighted by Crippen LogP contribution is 2.29. The van der Waals surface area contributed by atoms with Crippen LogP contribution in [-0.4, -0.2) is 56.7 Å². The number of amides is 1. The zero-order valence-corrected chi connectivity index (χ0v) is 14.9. The molecule has 1 unspecified atom stereocenters. The minimum absolute atomic E-state index is 0.0378. The van der Waals surface area contributed by atoms with Crippen molar-refractivity contribution in [1.82, 2.24) is 4.90 Å². The molecule has 2 aliphatic heterocycles. The van der Waals surface area contributed by atoms with Gasteiger partial charge in [-0.05, 0) is 24.3 Å². The number of carbonyl (C=O) groups is 1. The van der Waals surface area contributed by atoms with Crippen molar-refractivity contribution in [3.8, 4) is 5.75 Å². The van der Waals surface area contributed by atoms with E-state index in [1.807, 2.05) is 42.5 Å². The Hall–Kier alpha value is -2.73. The van der Waals surface area contributed by atoms with Gasteiger partial charge >= 0.3 is 0 Å². The lowest BCUT2D eigenvalue weighted by Gasteiger charge is -2.38. The molecule has 2 aromatic rings. The predicted octanol–water partition coefficient (Wildman–Crippen LogP) is 2.25. The number of nitrogens with zero attached hydrogens (tertiary/aromatic N) is 2. The molecule has 0 aliphatic carbocycles. The van der Waals surface area contributed by atoms with Crippen LogP contribution in [0.1, 0.15) is 0 Å². The number of para-hydroxylation sites is 4. The molecule has 2 aliphatic rings. The van der Waals surface area contributed by atoms with Gasteiger partial charge in [0.25, 0.3) is 0 Å².